The quantitative estimate of drug-likeness (QED) is 0.498. The first-order valence-electron chi connectivity index (χ1n) is 7.57. The Morgan fingerprint density at radius 3 is 1.52 bits per heavy atom. The van der Waals surface area contributed by atoms with E-state index >= 15 is 0 Å². The van der Waals surface area contributed by atoms with E-state index in [1.165, 1.54) is 5.19 Å². The summed E-state index contributed by atoms with van der Waals surface area (Å²) in [6, 6.07) is 10.4. The first-order chi connectivity index (χ1) is 9.44. The van der Waals surface area contributed by atoms with Crippen LogP contribution in [0.3, 0.4) is 0 Å². The van der Waals surface area contributed by atoms with E-state index in [4.69, 9.17) is 12.3 Å². The Morgan fingerprint density at radius 2 is 1.16 bits per heavy atom. The smallest absolute Gasteiger partial charge is 0.350 e. The second-order valence-electron chi connectivity index (χ2n) is 7.19. The average molecular weight is 423 g/mol. The van der Waals surface area contributed by atoms with Gasteiger partial charge in [0.15, 0.2) is 17.4 Å². The van der Waals surface area contributed by atoms with E-state index in [0.29, 0.717) is 0 Å². The van der Waals surface area contributed by atoms with Crippen LogP contribution in [0, 0.1) is 0 Å². The molecule has 1 unspecified atom stereocenters. The molecular formula is C18H46O3Si4. The monoisotopic (exact) mass is 422 g/mol. The molecule has 3 nitrogen and oxygen atoms in total. The van der Waals surface area contributed by atoms with Gasteiger partial charge in [-0.25, -0.2) is 0 Å². The fourth-order valence-electron chi connectivity index (χ4n) is 2.57. The summed E-state index contributed by atoms with van der Waals surface area (Å²) in [5.74, 6) is 0. The van der Waals surface area contributed by atoms with Gasteiger partial charge in [-0.05, 0) is 57.6 Å². The van der Waals surface area contributed by atoms with Gasteiger partial charge < -0.3 is 12.3 Å². The van der Waals surface area contributed by atoms with Crippen LogP contribution in [-0.4, -0.2) is 34.5 Å². The third-order valence-corrected chi connectivity index (χ3v) is 15.8. The minimum absolute atomic E-state index is 0. The molecule has 0 amide bonds. The van der Waals surface area contributed by atoms with Gasteiger partial charge in [0.2, 0.25) is 0 Å². The molecular weight excluding hydrogens is 377 g/mol. The predicted molar refractivity (Wildman–Crippen MR) is 128 cm³/mol. The fourth-order valence-corrected chi connectivity index (χ4v) is 18.8. The molecule has 0 aliphatic rings. The van der Waals surface area contributed by atoms with Gasteiger partial charge in [-0.1, -0.05) is 60.0 Å². The van der Waals surface area contributed by atoms with Crippen LogP contribution in [0.2, 0.25) is 52.4 Å². The first-order valence-corrected chi connectivity index (χ1v) is 18.9. The van der Waals surface area contributed by atoms with Crippen LogP contribution < -0.4 is 5.19 Å². The zero-order valence-electron chi connectivity index (χ0n) is 14.7. The highest BCUT2D eigenvalue weighted by Crippen LogP contribution is 2.21. The van der Waals surface area contributed by atoms with Crippen molar-refractivity contribution < 1.29 is 12.3 Å². The lowest BCUT2D eigenvalue weighted by Crippen LogP contribution is -2.61. The summed E-state index contributed by atoms with van der Waals surface area (Å²) in [7, 11) is -7.42. The molecule has 0 saturated carbocycles. The predicted octanol–water partition coefficient (Wildman–Crippen LogP) is 6.08. The lowest BCUT2D eigenvalue weighted by atomic mass is 10.4. The normalized spacial score (nSPS) is 13.5. The molecule has 0 heterocycles. The van der Waals surface area contributed by atoms with E-state index in [2.05, 4.69) is 76.6 Å². The summed E-state index contributed by atoms with van der Waals surface area (Å²) < 4.78 is 19.4. The molecule has 0 saturated heterocycles. The molecule has 0 bridgehead atoms. The minimum Gasteiger partial charge on any atom is -0.437 e. The summed E-state index contributed by atoms with van der Waals surface area (Å²) in [5.41, 5.74) is 0. The fraction of sp³-hybridized carbons (Fsp3) is 0.667. The Morgan fingerprint density at radius 1 is 0.720 bits per heavy atom. The van der Waals surface area contributed by atoms with Crippen molar-refractivity contribution in [3.05, 3.63) is 30.3 Å². The highest BCUT2D eigenvalue weighted by atomic mass is 28.5. The molecule has 1 aromatic rings. The Labute approximate surface area is 164 Å². The third kappa shape index (κ3) is 12.1. The lowest BCUT2D eigenvalue weighted by molar-refractivity contribution is 0.341. The molecule has 25 heavy (non-hydrogen) atoms. The highest BCUT2D eigenvalue weighted by Gasteiger charge is 2.43. The molecule has 0 N–H and O–H groups in total. The summed E-state index contributed by atoms with van der Waals surface area (Å²) in [4.78, 5) is 0. The second kappa shape index (κ2) is 12.4. The summed E-state index contributed by atoms with van der Waals surface area (Å²) >= 11 is 0. The van der Waals surface area contributed by atoms with Crippen LogP contribution in [0.4, 0.5) is 0 Å². The Kier molecular flexibility index (Phi) is 16.1. The maximum atomic E-state index is 6.60. The van der Waals surface area contributed by atoms with Crippen molar-refractivity contribution in [2.45, 2.75) is 82.1 Å². The van der Waals surface area contributed by atoms with Gasteiger partial charge in [0.05, 0.1) is 0 Å². The molecule has 1 aromatic carbocycles. The number of rotatable bonds is 7. The van der Waals surface area contributed by atoms with E-state index in [-0.39, 0.29) is 29.7 Å². The maximum absolute atomic E-state index is 6.60. The zero-order chi connectivity index (χ0) is 16.3. The van der Waals surface area contributed by atoms with Crippen molar-refractivity contribution >= 4 is 39.7 Å². The molecule has 0 aromatic heterocycles. The van der Waals surface area contributed by atoms with Gasteiger partial charge in [-0.15, -0.1) is 0 Å². The molecule has 1 atom stereocenters. The second-order valence-corrected chi connectivity index (χ2v) is 21.4. The molecule has 7 heteroatoms. The third-order valence-electron chi connectivity index (χ3n) is 2.75. The number of hydrogen-bond donors (Lipinski definition) is 0. The molecule has 0 aliphatic carbocycles. The zero-order valence-corrected chi connectivity index (χ0v) is 18.8. The largest absolute Gasteiger partial charge is 0.437 e. The first kappa shape index (κ1) is 32.6. The topological polar surface area (TPSA) is 27.7 Å². The highest BCUT2D eigenvalue weighted by molar-refractivity contribution is 6.92. The van der Waals surface area contributed by atoms with E-state index in [1.54, 1.807) is 0 Å². The average Bonchev–Trinajstić information content (AvgIpc) is 2.24. The SMILES string of the molecule is C.C.C.C.C[SiH](C)O[Si](C)(O[Si](C)(C)O[Si](C)(C)C)c1ccccc1. The Hall–Kier alpha value is -0.0325. The summed E-state index contributed by atoms with van der Waals surface area (Å²) in [5, 5.41) is 1.20. The van der Waals surface area contributed by atoms with Gasteiger partial charge in [0.25, 0.3) is 0 Å². The van der Waals surface area contributed by atoms with Crippen molar-refractivity contribution in [3.8, 4) is 0 Å². The Balaban J connectivity index is -0.000000551. The van der Waals surface area contributed by atoms with Gasteiger partial charge in [-0.3, -0.25) is 0 Å². The van der Waals surface area contributed by atoms with Crippen molar-refractivity contribution in [1.29, 1.82) is 0 Å². The van der Waals surface area contributed by atoms with Crippen molar-refractivity contribution in [2.24, 2.45) is 0 Å². The van der Waals surface area contributed by atoms with Crippen LogP contribution in [-0.2, 0) is 12.3 Å². The summed E-state index contributed by atoms with van der Waals surface area (Å²) in [6.45, 7) is 17.5. The molecule has 0 radical (unpaired) electrons. The standard InChI is InChI=1S/C14H30O3Si4.4CH4/c1-18(2)15-21(8,14-12-10-9-11-13-14)17-20(6,7)16-19(3,4)5;;;;/h9-13,18H,1-8H3;4*1H4. The minimum atomic E-state index is -2.40. The van der Waals surface area contributed by atoms with Crippen LogP contribution in [0.1, 0.15) is 29.7 Å². The number of hydrogen-bond acceptors (Lipinski definition) is 3. The Bertz CT molecular complexity index is 447. The van der Waals surface area contributed by atoms with E-state index in [0.717, 1.165) is 0 Å². The van der Waals surface area contributed by atoms with Crippen LogP contribution in [0.25, 0.3) is 0 Å². The van der Waals surface area contributed by atoms with Crippen molar-refractivity contribution in [1.82, 2.24) is 0 Å². The van der Waals surface area contributed by atoms with Gasteiger partial charge >= 0.3 is 17.1 Å². The lowest BCUT2D eigenvalue weighted by Gasteiger charge is -2.39. The molecule has 0 fully saturated rings. The van der Waals surface area contributed by atoms with Gasteiger partial charge in [0, 0.05) is 0 Å². The molecule has 1 rings (SSSR count). The van der Waals surface area contributed by atoms with Gasteiger partial charge in [-0.2, -0.15) is 0 Å². The van der Waals surface area contributed by atoms with Crippen LogP contribution in [0.5, 0.6) is 0 Å². The van der Waals surface area contributed by atoms with Crippen LogP contribution >= 0.6 is 0 Å². The van der Waals surface area contributed by atoms with Crippen molar-refractivity contribution in [3.63, 3.8) is 0 Å². The summed E-state index contributed by atoms with van der Waals surface area (Å²) in [6.07, 6.45) is 0. The van der Waals surface area contributed by atoms with E-state index < -0.39 is 34.5 Å². The van der Waals surface area contributed by atoms with Gasteiger partial charge in [0.1, 0.15) is 0 Å². The van der Waals surface area contributed by atoms with Crippen LogP contribution in [0.15, 0.2) is 30.3 Å². The van der Waals surface area contributed by atoms with E-state index in [1.807, 2.05) is 6.07 Å². The maximum Gasteiger partial charge on any atom is 0.350 e. The molecule has 0 aliphatic heterocycles. The van der Waals surface area contributed by atoms with Crippen molar-refractivity contribution in [2.75, 3.05) is 0 Å². The molecule has 152 valence electrons. The number of benzene rings is 1. The molecule has 0 spiro atoms. The van der Waals surface area contributed by atoms with E-state index in [9.17, 15) is 0 Å².